The van der Waals surface area contributed by atoms with Gasteiger partial charge in [0.15, 0.2) is 0 Å². The largest absolute Gasteiger partial charge is 0.392 e. The summed E-state index contributed by atoms with van der Waals surface area (Å²) in [6, 6.07) is 1.90. The van der Waals surface area contributed by atoms with Crippen molar-refractivity contribution in [2.75, 3.05) is 0 Å². The lowest BCUT2D eigenvalue weighted by Gasteiger charge is -2.07. The molecule has 0 unspecified atom stereocenters. The summed E-state index contributed by atoms with van der Waals surface area (Å²) in [7, 11) is 0. The van der Waals surface area contributed by atoms with Crippen LogP contribution in [0.2, 0.25) is 0 Å². The summed E-state index contributed by atoms with van der Waals surface area (Å²) >= 11 is 0. The lowest BCUT2D eigenvalue weighted by atomic mass is 10.2. The molecule has 72 valence electrons. The zero-order valence-corrected chi connectivity index (χ0v) is 8.03. The molecule has 0 aromatic carbocycles. The molecule has 0 aliphatic heterocycles. The van der Waals surface area contributed by atoms with E-state index in [1.807, 2.05) is 19.9 Å². The van der Waals surface area contributed by atoms with Crippen molar-refractivity contribution in [3.05, 3.63) is 29.6 Å². The van der Waals surface area contributed by atoms with E-state index in [4.69, 9.17) is 9.84 Å². The second-order valence-electron chi connectivity index (χ2n) is 3.22. The Balaban J connectivity index is 2.56. The molecule has 1 aromatic rings. The fraction of sp³-hybridized carbons (Fsp3) is 0.500. The average Bonchev–Trinajstić information content (AvgIpc) is 2.15. The highest BCUT2D eigenvalue weighted by atomic mass is 16.5. The molecule has 0 aliphatic carbocycles. The Morgan fingerprint density at radius 1 is 1.38 bits per heavy atom. The first-order valence-electron chi connectivity index (χ1n) is 4.37. The quantitative estimate of drug-likeness (QED) is 0.765. The van der Waals surface area contributed by atoms with Gasteiger partial charge in [0.1, 0.15) is 0 Å². The third-order valence-electron chi connectivity index (χ3n) is 1.62. The van der Waals surface area contributed by atoms with E-state index < -0.39 is 0 Å². The van der Waals surface area contributed by atoms with Gasteiger partial charge < -0.3 is 9.84 Å². The second-order valence-corrected chi connectivity index (χ2v) is 3.22. The van der Waals surface area contributed by atoms with Crippen LogP contribution in [-0.2, 0) is 18.0 Å². The molecule has 3 nitrogen and oxygen atoms in total. The van der Waals surface area contributed by atoms with Crippen molar-refractivity contribution >= 4 is 0 Å². The molecular formula is C10H15NO2. The van der Waals surface area contributed by atoms with Crippen LogP contribution < -0.4 is 0 Å². The fourth-order valence-electron chi connectivity index (χ4n) is 0.970. The van der Waals surface area contributed by atoms with Gasteiger partial charge in [0.2, 0.25) is 0 Å². The van der Waals surface area contributed by atoms with Crippen molar-refractivity contribution in [3.8, 4) is 0 Å². The van der Waals surface area contributed by atoms with Gasteiger partial charge in [-0.15, -0.1) is 0 Å². The predicted molar refractivity (Wildman–Crippen MR) is 50.1 cm³/mol. The maximum Gasteiger partial charge on any atom is 0.0735 e. The smallest absolute Gasteiger partial charge is 0.0735 e. The molecule has 0 saturated heterocycles. The summed E-state index contributed by atoms with van der Waals surface area (Å²) in [5, 5.41) is 8.86. The highest BCUT2D eigenvalue weighted by Crippen LogP contribution is 2.05. The van der Waals surface area contributed by atoms with Crippen LogP contribution in [0.4, 0.5) is 0 Å². The second kappa shape index (κ2) is 4.94. The highest BCUT2D eigenvalue weighted by Gasteiger charge is 1.98. The molecule has 0 saturated carbocycles. The molecule has 0 bridgehead atoms. The van der Waals surface area contributed by atoms with Gasteiger partial charge in [-0.1, -0.05) is 0 Å². The van der Waals surface area contributed by atoms with Gasteiger partial charge in [-0.2, -0.15) is 0 Å². The first kappa shape index (κ1) is 10.2. The zero-order valence-electron chi connectivity index (χ0n) is 8.03. The molecule has 0 fully saturated rings. The Hall–Kier alpha value is -0.930. The molecule has 0 atom stereocenters. The van der Waals surface area contributed by atoms with E-state index in [2.05, 4.69) is 4.98 Å². The lowest BCUT2D eigenvalue weighted by Crippen LogP contribution is -2.02. The van der Waals surface area contributed by atoms with Crippen LogP contribution >= 0.6 is 0 Å². The van der Waals surface area contributed by atoms with E-state index in [9.17, 15) is 0 Å². The molecule has 0 radical (unpaired) electrons. The summed E-state index contributed by atoms with van der Waals surface area (Å²) in [5.41, 5.74) is 1.82. The number of rotatable bonds is 4. The normalized spacial score (nSPS) is 10.8. The van der Waals surface area contributed by atoms with E-state index in [0.29, 0.717) is 6.61 Å². The molecule has 1 N–H and O–H groups in total. The van der Waals surface area contributed by atoms with Crippen LogP contribution in [0.5, 0.6) is 0 Å². The van der Waals surface area contributed by atoms with Crippen LogP contribution in [-0.4, -0.2) is 16.2 Å². The predicted octanol–water partition coefficient (Wildman–Crippen LogP) is 1.50. The molecule has 1 rings (SSSR count). The van der Waals surface area contributed by atoms with E-state index in [1.165, 1.54) is 0 Å². The summed E-state index contributed by atoms with van der Waals surface area (Å²) in [5.74, 6) is 0. The summed E-state index contributed by atoms with van der Waals surface area (Å²) in [4.78, 5) is 3.99. The maximum atomic E-state index is 8.86. The Labute approximate surface area is 78.4 Å². The van der Waals surface area contributed by atoms with Gasteiger partial charge in [0, 0.05) is 12.4 Å². The summed E-state index contributed by atoms with van der Waals surface area (Å²) < 4.78 is 5.41. The Morgan fingerprint density at radius 2 is 2.08 bits per heavy atom. The molecule has 0 spiro atoms. The third-order valence-corrected chi connectivity index (χ3v) is 1.62. The third kappa shape index (κ3) is 3.53. The standard InChI is InChI=1S/C10H15NO2/c1-8(2)13-7-10-3-9(6-12)4-11-5-10/h3-5,8,12H,6-7H2,1-2H3. The van der Waals surface area contributed by atoms with Crippen LogP contribution in [0.1, 0.15) is 25.0 Å². The lowest BCUT2D eigenvalue weighted by molar-refractivity contribution is 0.0654. The van der Waals surface area contributed by atoms with Crippen molar-refractivity contribution in [2.45, 2.75) is 33.2 Å². The SMILES string of the molecule is CC(C)OCc1cncc(CO)c1. The van der Waals surface area contributed by atoms with Crippen molar-refractivity contribution in [1.29, 1.82) is 0 Å². The minimum atomic E-state index is 0.0303. The van der Waals surface area contributed by atoms with Gasteiger partial charge in [0.25, 0.3) is 0 Å². The van der Waals surface area contributed by atoms with Gasteiger partial charge in [-0.3, -0.25) is 4.98 Å². The molecule has 13 heavy (non-hydrogen) atoms. The average molecular weight is 181 g/mol. The molecule has 0 amide bonds. The molecular weight excluding hydrogens is 166 g/mol. The molecule has 3 heteroatoms. The highest BCUT2D eigenvalue weighted by molar-refractivity contribution is 5.16. The summed E-state index contributed by atoms with van der Waals surface area (Å²) in [6.07, 6.45) is 3.62. The van der Waals surface area contributed by atoms with Crippen molar-refractivity contribution in [2.24, 2.45) is 0 Å². The van der Waals surface area contributed by atoms with Crippen LogP contribution in [0.15, 0.2) is 18.5 Å². The Bertz CT molecular complexity index is 261. The van der Waals surface area contributed by atoms with E-state index in [0.717, 1.165) is 11.1 Å². The van der Waals surface area contributed by atoms with E-state index >= 15 is 0 Å². The van der Waals surface area contributed by atoms with Crippen LogP contribution in [0, 0.1) is 0 Å². The number of aliphatic hydroxyl groups excluding tert-OH is 1. The number of ether oxygens (including phenoxy) is 1. The first-order valence-corrected chi connectivity index (χ1v) is 4.37. The maximum absolute atomic E-state index is 8.86. The van der Waals surface area contributed by atoms with Crippen LogP contribution in [0.25, 0.3) is 0 Å². The minimum Gasteiger partial charge on any atom is -0.392 e. The van der Waals surface area contributed by atoms with Crippen molar-refractivity contribution in [1.82, 2.24) is 4.98 Å². The summed E-state index contributed by atoms with van der Waals surface area (Å²) in [6.45, 7) is 4.56. The number of hydrogen-bond acceptors (Lipinski definition) is 3. The van der Waals surface area contributed by atoms with Crippen molar-refractivity contribution < 1.29 is 9.84 Å². The Kier molecular flexibility index (Phi) is 3.86. The van der Waals surface area contributed by atoms with Crippen molar-refractivity contribution in [3.63, 3.8) is 0 Å². The molecule has 0 aliphatic rings. The van der Waals surface area contributed by atoms with Gasteiger partial charge in [-0.05, 0) is 31.0 Å². The number of hydrogen-bond donors (Lipinski definition) is 1. The number of nitrogens with zero attached hydrogens (tertiary/aromatic N) is 1. The fourth-order valence-corrected chi connectivity index (χ4v) is 0.970. The van der Waals surface area contributed by atoms with E-state index in [-0.39, 0.29) is 12.7 Å². The number of aliphatic hydroxyl groups is 1. The first-order chi connectivity index (χ1) is 6.22. The Morgan fingerprint density at radius 3 is 2.69 bits per heavy atom. The van der Waals surface area contributed by atoms with Gasteiger partial charge in [0.05, 0.1) is 19.3 Å². The molecule has 1 heterocycles. The van der Waals surface area contributed by atoms with Gasteiger partial charge in [-0.25, -0.2) is 0 Å². The number of pyridine rings is 1. The molecule has 1 aromatic heterocycles. The van der Waals surface area contributed by atoms with Crippen LogP contribution in [0.3, 0.4) is 0 Å². The monoisotopic (exact) mass is 181 g/mol. The minimum absolute atomic E-state index is 0.0303. The zero-order chi connectivity index (χ0) is 9.68. The van der Waals surface area contributed by atoms with E-state index in [1.54, 1.807) is 12.4 Å². The topological polar surface area (TPSA) is 42.4 Å². The van der Waals surface area contributed by atoms with Gasteiger partial charge >= 0.3 is 0 Å². The number of aromatic nitrogens is 1.